The van der Waals surface area contributed by atoms with Gasteiger partial charge in [-0.25, -0.2) is 4.99 Å². The van der Waals surface area contributed by atoms with Crippen molar-refractivity contribution in [1.29, 1.82) is 0 Å². The quantitative estimate of drug-likeness (QED) is 0.249. The van der Waals surface area contributed by atoms with Crippen LogP contribution in [0.25, 0.3) is 17.4 Å². The Balaban J connectivity index is 1.51. The third-order valence-electron chi connectivity index (χ3n) is 4.36. The Kier molecular flexibility index (Phi) is 6.42. The van der Waals surface area contributed by atoms with Crippen LogP contribution in [0.15, 0.2) is 73.4 Å². The van der Waals surface area contributed by atoms with Crippen LogP contribution in [0, 0.1) is 10.1 Å². The number of benzene rings is 2. The minimum atomic E-state index is -0.463. The number of furan rings is 1. The van der Waals surface area contributed by atoms with Crippen molar-refractivity contribution >= 4 is 56.2 Å². The number of amides is 1. The fraction of sp³-hybridized carbons (Fsp3) is 0.0909. The van der Waals surface area contributed by atoms with E-state index in [1.54, 1.807) is 24.3 Å². The van der Waals surface area contributed by atoms with Gasteiger partial charge in [-0.05, 0) is 77.1 Å². The molecule has 1 aromatic heterocycles. The van der Waals surface area contributed by atoms with Gasteiger partial charge in [0.2, 0.25) is 0 Å². The van der Waals surface area contributed by atoms with E-state index in [0.717, 1.165) is 5.75 Å². The average molecular weight is 514 g/mol. The van der Waals surface area contributed by atoms with Crippen LogP contribution in [0.1, 0.15) is 12.7 Å². The number of carbonyl (C=O) groups is 1. The molecule has 0 spiro atoms. The van der Waals surface area contributed by atoms with E-state index in [1.807, 2.05) is 31.2 Å². The minimum absolute atomic E-state index is 0.0205. The van der Waals surface area contributed by atoms with E-state index in [1.165, 1.54) is 23.9 Å². The summed E-state index contributed by atoms with van der Waals surface area (Å²) >= 11 is 4.55. The summed E-state index contributed by atoms with van der Waals surface area (Å²) in [6.45, 7) is 2.50. The molecule has 3 aromatic rings. The zero-order chi connectivity index (χ0) is 22.7. The molecule has 8 nitrogen and oxygen atoms in total. The highest BCUT2D eigenvalue weighted by molar-refractivity contribution is 9.10. The number of halogens is 1. The maximum atomic E-state index is 12.3. The summed E-state index contributed by atoms with van der Waals surface area (Å²) in [6.07, 6.45) is 1.63. The van der Waals surface area contributed by atoms with Crippen molar-refractivity contribution in [1.82, 2.24) is 5.32 Å². The molecule has 2 heterocycles. The highest BCUT2D eigenvalue weighted by Gasteiger charge is 2.24. The summed E-state index contributed by atoms with van der Waals surface area (Å²) < 4.78 is 11.8. The Bertz CT molecular complexity index is 1250. The number of ether oxygens (including phenoxy) is 1. The second-order valence-electron chi connectivity index (χ2n) is 6.53. The largest absolute Gasteiger partial charge is 0.494 e. The number of nitrogens with zero attached hydrogens (tertiary/aromatic N) is 2. The number of aliphatic imine (C=N–C) groups is 1. The molecule has 1 aliphatic rings. The summed E-state index contributed by atoms with van der Waals surface area (Å²) in [6, 6.07) is 15.2. The van der Waals surface area contributed by atoms with Crippen LogP contribution >= 0.6 is 27.7 Å². The van der Waals surface area contributed by atoms with Gasteiger partial charge in [0.05, 0.1) is 22.1 Å². The van der Waals surface area contributed by atoms with Gasteiger partial charge >= 0.3 is 0 Å². The lowest BCUT2D eigenvalue weighted by molar-refractivity contribution is -0.384. The smallest absolute Gasteiger partial charge is 0.270 e. The Morgan fingerprint density at radius 2 is 2.00 bits per heavy atom. The number of hydrogen-bond acceptors (Lipinski definition) is 7. The molecule has 1 amide bonds. The molecule has 4 rings (SSSR count). The Hall–Kier alpha value is -3.37. The minimum Gasteiger partial charge on any atom is -0.494 e. The van der Waals surface area contributed by atoms with E-state index in [9.17, 15) is 14.9 Å². The summed E-state index contributed by atoms with van der Waals surface area (Å²) in [5.74, 6) is 1.48. The number of thioether (sulfide) groups is 1. The first-order chi connectivity index (χ1) is 15.4. The van der Waals surface area contributed by atoms with Gasteiger partial charge in [-0.15, -0.1) is 0 Å². The van der Waals surface area contributed by atoms with E-state index < -0.39 is 4.92 Å². The highest BCUT2D eigenvalue weighted by Crippen LogP contribution is 2.34. The monoisotopic (exact) mass is 513 g/mol. The fourth-order valence-corrected chi connectivity index (χ4v) is 4.29. The molecule has 0 aliphatic carbocycles. The van der Waals surface area contributed by atoms with E-state index in [-0.39, 0.29) is 11.6 Å². The Labute approximate surface area is 195 Å². The third-order valence-corrected chi connectivity index (χ3v) is 5.92. The standard InChI is InChI=1S/C22H16BrN3O5S/c1-2-30-15-6-3-13(4-7-15)24-22-25-21(27)20(32-22)12-16-8-10-19(31-16)17-9-5-14(26(28)29)11-18(17)23/h3-12H,2H2,1H3,(H,24,25,27). The molecule has 0 saturated carbocycles. The van der Waals surface area contributed by atoms with Crippen molar-refractivity contribution in [3.63, 3.8) is 0 Å². The van der Waals surface area contributed by atoms with Crippen LogP contribution < -0.4 is 10.1 Å². The molecule has 0 bridgehead atoms. The van der Waals surface area contributed by atoms with Crippen molar-refractivity contribution in [2.75, 3.05) is 6.61 Å². The van der Waals surface area contributed by atoms with Crippen LogP contribution in [0.5, 0.6) is 5.75 Å². The van der Waals surface area contributed by atoms with Crippen LogP contribution in [0.4, 0.5) is 11.4 Å². The lowest BCUT2D eigenvalue weighted by Crippen LogP contribution is -2.19. The highest BCUT2D eigenvalue weighted by atomic mass is 79.9. The van der Waals surface area contributed by atoms with Gasteiger partial charge in [-0.1, -0.05) is 0 Å². The number of nitro benzene ring substituents is 1. The van der Waals surface area contributed by atoms with Crippen LogP contribution in [-0.2, 0) is 4.79 Å². The fourth-order valence-electron chi connectivity index (χ4n) is 2.90. The van der Waals surface area contributed by atoms with Crippen LogP contribution in [-0.4, -0.2) is 22.6 Å². The Morgan fingerprint density at radius 3 is 2.69 bits per heavy atom. The maximum Gasteiger partial charge on any atom is 0.270 e. The number of carbonyl (C=O) groups excluding carboxylic acids is 1. The molecule has 1 fully saturated rings. The van der Waals surface area contributed by atoms with Gasteiger partial charge in [0.15, 0.2) is 5.17 Å². The maximum absolute atomic E-state index is 12.3. The van der Waals surface area contributed by atoms with Crippen molar-refractivity contribution in [2.24, 2.45) is 4.99 Å². The molecule has 0 atom stereocenters. The first-order valence-electron chi connectivity index (χ1n) is 9.49. The topological polar surface area (TPSA) is 107 Å². The summed E-state index contributed by atoms with van der Waals surface area (Å²) in [4.78, 5) is 27.7. The molecule has 0 radical (unpaired) electrons. The molecule has 0 unspecified atom stereocenters. The van der Waals surface area contributed by atoms with Gasteiger partial charge in [-0.3, -0.25) is 14.9 Å². The summed E-state index contributed by atoms with van der Waals surface area (Å²) in [5, 5.41) is 14.1. The molecule has 1 N–H and O–H groups in total. The molecule has 10 heteroatoms. The number of nitro groups is 1. The lowest BCUT2D eigenvalue weighted by Gasteiger charge is -2.02. The van der Waals surface area contributed by atoms with E-state index in [4.69, 9.17) is 9.15 Å². The van der Waals surface area contributed by atoms with Crippen molar-refractivity contribution in [3.8, 4) is 17.1 Å². The molecule has 2 aromatic carbocycles. The number of hydrogen-bond donors (Lipinski definition) is 1. The van der Waals surface area contributed by atoms with Crippen molar-refractivity contribution in [3.05, 3.63) is 79.8 Å². The number of nitrogens with one attached hydrogen (secondary N) is 1. The predicted octanol–water partition coefficient (Wildman–Crippen LogP) is 5.91. The molecule has 1 aliphatic heterocycles. The van der Waals surface area contributed by atoms with Crippen molar-refractivity contribution in [2.45, 2.75) is 6.92 Å². The zero-order valence-electron chi connectivity index (χ0n) is 16.7. The average Bonchev–Trinajstić information content (AvgIpc) is 3.36. The molecule has 32 heavy (non-hydrogen) atoms. The van der Waals surface area contributed by atoms with Crippen LogP contribution in [0.2, 0.25) is 0 Å². The second-order valence-corrected chi connectivity index (χ2v) is 8.42. The van der Waals surface area contributed by atoms with Gasteiger partial charge < -0.3 is 14.5 Å². The SMILES string of the molecule is CCOc1ccc(N=C2NC(=O)C(=Cc3ccc(-c4ccc([N+](=O)[O-])cc4Br)o3)S2)cc1. The summed E-state index contributed by atoms with van der Waals surface area (Å²) in [7, 11) is 0. The molecule has 162 valence electrons. The molecular weight excluding hydrogens is 498 g/mol. The van der Waals surface area contributed by atoms with Gasteiger partial charge in [-0.2, -0.15) is 0 Å². The second kappa shape index (κ2) is 9.41. The van der Waals surface area contributed by atoms with Crippen LogP contribution in [0.3, 0.4) is 0 Å². The van der Waals surface area contributed by atoms with E-state index in [0.29, 0.717) is 43.9 Å². The number of amidine groups is 1. The Morgan fingerprint density at radius 1 is 1.22 bits per heavy atom. The lowest BCUT2D eigenvalue weighted by atomic mass is 10.1. The van der Waals surface area contributed by atoms with Gasteiger partial charge in [0.1, 0.15) is 17.3 Å². The normalized spacial score (nSPS) is 15.9. The van der Waals surface area contributed by atoms with E-state index in [2.05, 4.69) is 26.2 Å². The predicted molar refractivity (Wildman–Crippen MR) is 127 cm³/mol. The number of rotatable bonds is 6. The third kappa shape index (κ3) is 4.92. The molecular formula is C22H16BrN3O5S. The first kappa shape index (κ1) is 21.8. The van der Waals surface area contributed by atoms with Crippen molar-refractivity contribution < 1.29 is 18.9 Å². The summed E-state index contributed by atoms with van der Waals surface area (Å²) in [5.41, 5.74) is 1.34. The number of non-ortho nitro benzene ring substituents is 1. The van der Waals surface area contributed by atoms with Gasteiger partial charge in [0.25, 0.3) is 11.6 Å². The zero-order valence-corrected chi connectivity index (χ0v) is 19.1. The van der Waals surface area contributed by atoms with Gasteiger partial charge in [0, 0.05) is 28.2 Å². The molecule has 1 saturated heterocycles. The first-order valence-corrected chi connectivity index (χ1v) is 11.1. The van der Waals surface area contributed by atoms with E-state index >= 15 is 0 Å².